The fourth-order valence-electron chi connectivity index (χ4n) is 2.28. The maximum Gasteiger partial charge on any atom is 0.0649 e. The molecule has 0 aliphatic rings. The normalized spacial score (nSPS) is 12.8. The Morgan fingerprint density at radius 1 is 1.14 bits per heavy atom. The van der Waals surface area contributed by atoms with Crippen molar-refractivity contribution in [2.24, 2.45) is 5.92 Å². The van der Waals surface area contributed by atoms with Gasteiger partial charge in [0, 0.05) is 11.9 Å². The lowest BCUT2D eigenvalue weighted by Crippen LogP contribution is -2.25. The summed E-state index contributed by atoms with van der Waals surface area (Å²) in [5.41, 5.74) is 2.36. The predicted octanol–water partition coefficient (Wildman–Crippen LogP) is 3.91. The maximum atomic E-state index is 4.50. The summed E-state index contributed by atoms with van der Waals surface area (Å²) >= 11 is 2.01. The minimum absolute atomic E-state index is 0.335. The fourth-order valence-corrected chi connectivity index (χ4v) is 3.41. The average molecular weight is 303 g/mol. The van der Waals surface area contributed by atoms with Crippen LogP contribution < -0.4 is 5.32 Å². The molecular formula is C17H25N3S. The Morgan fingerprint density at radius 2 is 1.90 bits per heavy atom. The maximum absolute atomic E-state index is 4.50. The van der Waals surface area contributed by atoms with Gasteiger partial charge in [-0.05, 0) is 36.4 Å². The Morgan fingerprint density at radius 3 is 2.57 bits per heavy atom. The van der Waals surface area contributed by atoms with E-state index in [2.05, 4.69) is 61.5 Å². The first-order chi connectivity index (χ1) is 10.2. The largest absolute Gasteiger partial charge is 0.308 e. The first-order valence-corrected chi connectivity index (χ1v) is 8.78. The van der Waals surface area contributed by atoms with Gasteiger partial charge >= 0.3 is 0 Å². The quantitative estimate of drug-likeness (QED) is 0.802. The highest BCUT2D eigenvalue weighted by Gasteiger charge is 2.16. The molecule has 1 heterocycles. The van der Waals surface area contributed by atoms with Crippen LogP contribution in [0.1, 0.15) is 32.5 Å². The van der Waals surface area contributed by atoms with Crippen molar-refractivity contribution >= 4 is 11.8 Å². The number of hydrogen-bond donors (Lipinski definition) is 1. The number of aromatic nitrogens is 2. The van der Waals surface area contributed by atoms with Crippen molar-refractivity contribution in [3.63, 3.8) is 0 Å². The van der Waals surface area contributed by atoms with Crippen molar-refractivity contribution in [1.29, 1.82) is 0 Å². The van der Waals surface area contributed by atoms with E-state index < -0.39 is 0 Å². The molecule has 0 fully saturated rings. The van der Waals surface area contributed by atoms with Gasteiger partial charge in [0.25, 0.3) is 0 Å². The van der Waals surface area contributed by atoms with Gasteiger partial charge in [-0.25, -0.2) is 4.68 Å². The van der Waals surface area contributed by atoms with E-state index in [1.54, 1.807) is 0 Å². The molecule has 1 N–H and O–H groups in total. The molecule has 0 saturated carbocycles. The highest BCUT2D eigenvalue weighted by Crippen LogP contribution is 2.22. The number of nitrogens with zero attached hydrogens (tertiary/aromatic N) is 2. The SMILES string of the molecule is CCNC(CSCC(C)C)c1ccnn1-c1ccccc1. The summed E-state index contributed by atoms with van der Waals surface area (Å²) in [5.74, 6) is 3.00. The molecule has 0 radical (unpaired) electrons. The molecule has 0 bridgehead atoms. The minimum Gasteiger partial charge on any atom is -0.308 e. The molecule has 0 aliphatic carbocycles. The van der Waals surface area contributed by atoms with Crippen molar-refractivity contribution in [3.8, 4) is 5.69 Å². The first-order valence-electron chi connectivity index (χ1n) is 7.62. The Balaban J connectivity index is 2.15. The highest BCUT2D eigenvalue weighted by molar-refractivity contribution is 7.99. The fraction of sp³-hybridized carbons (Fsp3) is 0.471. The van der Waals surface area contributed by atoms with Crippen LogP contribution in [0.4, 0.5) is 0 Å². The summed E-state index contributed by atoms with van der Waals surface area (Å²) in [4.78, 5) is 0. The molecule has 3 nitrogen and oxygen atoms in total. The lowest BCUT2D eigenvalue weighted by molar-refractivity contribution is 0.570. The molecule has 2 rings (SSSR count). The second-order valence-electron chi connectivity index (χ2n) is 5.54. The zero-order valence-corrected chi connectivity index (χ0v) is 13.9. The van der Waals surface area contributed by atoms with E-state index in [4.69, 9.17) is 0 Å². The van der Waals surface area contributed by atoms with Crippen LogP contribution in [0, 0.1) is 5.92 Å². The van der Waals surface area contributed by atoms with Gasteiger partial charge in [-0.3, -0.25) is 0 Å². The van der Waals surface area contributed by atoms with Crippen LogP contribution in [0.2, 0.25) is 0 Å². The number of para-hydroxylation sites is 1. The van der Waals surface area contributed by atoms with Crippen molar-refractivity contribution in [1.82, 2.24) is 15.1 Å². The van der Waals surface area contributed by atoms with Crippen LogP contribution in [-0.4, -0.2) is 27.8 Å². The molecule has 2 aromatic rings. The molecule has 1 unspecified atom stereocenters. The third-order valence-electron chi connectivity index (χ3n) is 3.22. The molecule has 0 amide bonds. The van der Waals surface area contributed by atoms with Gasteiger partial charge in [-0.2, -0.15) is 16.9 Å². The third kappa shape index (κ3) is 4.61. The van der Waals surface area contributed by atoms with Crippen LogP contribution in [0.15, 0.2) is 42.6 Å². The first kappa shape index (κ1) is 16.1. The van der Waals surface area contributed by atoms with Crippen molar-refractivity contribution in [2.45, 2.75) is 26.8 Å². The third-order valence-corrected chi connectivity index (χ3v) is 4.69. The molecule has 4 heteroatoms. The van der Waals surface area contributed by atoms with Gasteiger partial charge in [-0.15, -0.1) is 0 Å². The lowest BCUT2D eigenvalue weighted by Gasteiger charge is -2.19. The second kappa shape index (κ2) is 8.25. The van der Waals surface area contributed by atoms with Crippen LogP contribution in [0.5, 0.6) is 0 Å². The Labute approximate surface area is 132 Å². The monoisotopic (exact) mass is 303 g/mol. The zero-order chi connectivity index (χ0) is 15.1. The van der Waals surface area contributed by atoms with E-state index in [1.165, 1.54) is 11.4 Å². The summed E-state index contributed by atoms with van der Waals surface area (Å²) in [5, 5.41) is 8.09. The van der Waals surface area contributed by atoms with Gasteiger partial charge in [0.1, 0.15) is 0 Å². The summed E-state index contributed by atoms with van der Waals surface area (Å²) < 4.78 is 2.04. The highest BCUT2D eigenvalue weighted by atomic mass is 32.2. The summed E-state index contributed by atoms with van der Waals surface area (Å²) in [6.07, 6.45) is 1.89. The van der Waals surface area contributed by atoms with Gasteiger partial charge in [0.05, 0.1) is 17.4 Å². The van der Waals surface area contributed by atoms with E-state index >= 15 is 0 Å². The van der Waals surface area contributed by atoms with Crippen molar-refractivity contribution in [2.75, 3.05) is 18.1 Å². The summed E-state index contributed by atoms with van der Waals surface area (Å²) in [6.45, 7) is 7.66. The molecule has 114 valence electrons. The number of nitrogens with one attached hydrogen (secondary N) is 1. The number of benzene rings is 1. The smallest absolute Gasteiger partial charge is 0.0649 e. The Kier molecular flexibility index (Phi) is 6.33. The predicted molar refractivity (Wildman–Crippen MR) is 92.1 cm³/mol. The number of hydrogen-bond acceptors (Lipinski definition) is 3. The molecule has 1 atom stereocenters. The van der Waals surface area contributed by atoms with Gasteiger partial charge < -0.3 is 5.32 Å². The molecule has 0 aliphatic heterocycles. The van der Waals surface area contributed by atoms with Crippen molar-refractivity contribution < 1.29 is 0 Å². The molecule has 21 heavy (non-hydrogen) atoms. The van der Waals surface area contributed by atoms with Crippen LogP contribution >= 0.6 is 11.8 Å². The van der Waals surface area contributed by atoms with Crippen LogP contribution in [-0.2, 0) is 0 Å². The molecule has 0 spiro atoms. The summed E-state index contributed by atoms with van der Waals surface area (Å²) in [7, 11) is 0. The van der Waals surface area contributed by atoms with E-state index in [0.717, 1.165) is 23.9 Å². The van der Waals surface area contributed by atoms with E-state index in [9.17, 15) is 0 Å². The molecule has 1 aromatic heterocycles. The Hall–Kier alpha value is -1.26. The zero-order valence-electron chi connectivity index (χ0n) is 13.1. The van der Waals surface area contributed by atoms with Gasteiger partial charge in [0.15, 0.2) is 0 Å². The second-order valence-corrected chi connectivity index (χ2v) is 6.62. The van der Waals surface area contributed by atoms with Crippen molar-refractivity contribution in [3.05, 3.63) is 48.3 Å². The van der Waals surface area contributed by atoms with E-state index in [0.29, 0.717) is 6.04 Å². The molecule has 1 aromatic carbocycles. The number of thioether (sulfide) groups is 1. The van der Waals surface area contributed by atoms with Gasteiger partial charge in [0.2, 0.25) is 0 Å². The van der Waals surface area contributed by atoms with Gasteiger partial charge in [-0.1, -0.05) is 39.0 Å². The average Bonchev–Trinajstić information content (AvgIpc) is 2.96. The topological polar surface area (TPSA) is 29.9 Å². The summed E-state index contributed by atoms with van der Waals surface area (Å²) in [6, 6.07) is 12.8. The van der Waals surface area contributed by atoms with Crippen LogP contribution in [0.3, 0.4) is 0 Å². The van der Waals surface area contributed by atoms with E-state index in [-0.39, 0.29) is 0 Å². The lowest BCUT2D eigenvalue weighted by atomic mass is 10.2. The molecule has 0 saturated heterocycles. The number of rotatable bonds is 8. The Bertz CT molecular complexity index is 522. The minimum atomic E-state index is 0.335. The van der Waals surface area contributed by atoms with Crippen LogP contribution in [0.25, 0.3) is 5.69 Å². The van der Waals surface area contributed by atoms with E-state index in [1.807, 2.05) is 28.7 Å². The molecular weight excluding hydrogens is 278 g/mol. The standard InChI is InChI=1S/C17H25N3S/c1-4-18-16(13-21-12-14(2)3)17-10-11-19-20(17)15-8-6-5-7-9-15/h5-11,14,16,18H,4,12-13H2,1-3H3.